The van der Waals surface area contributed by atoms with Gasteiger partial charge in [0.1, 0.15) is 6.54 Å². The fraction of sp³-hybridized carbons (Fsp3) is 0.368. The quantitative estimate of drug-likeness (QED) is 0.731. The third-order valence-corrected chi connectivity index (χ3v) is 4.28. The summed E-state index contributed by atoms with van der Waals surface area (Å²) in [6, 6.07) is 10.1. The summed E-state index contributed by atoms with van der Waals surface area (Å²) in [5.41, 5.74) is 4.20. The number of hydrogen-bond donors (Lipinski definition) is 0. The maximum Gasteiger partial charge on any atom is 0.267 e. The lowest BCUT2D eigenvalue weighted by atomic mass is 10.0. The molecule has 0 aliphatic carbocycles. The van der Waals surface area contributed by atoms with Crippen LogP contribution < -0.4 is 0 Å². The minimum Gasteiger partial charge on any atom is -0.338 e. The Bertz CT molecular complexity index is 855. The van der Waals surface area contributed by atoms with Gasteiger partial charge >= 0.3 is 0 Å². The molecule has 0 radical (unpaired) electrons. The molecule has 2 aromatic heterocycles. The van der Waals surface area contributed by atoms with Crippen molar-refractivity contribution in [3.8, 4) is 0 Å². The third kappa shape index (κ3) is 2.93. The first kappa shape index (κ1) is 15.5. The SMILES string of the molecule is Cc1nn(C(=O)Cn2ccc3ccccc32)c(C)c1CC(C)C. The predicted octanol–water partition coefficient (Wildman–Crippen LogP) is 3.99. The van der Waals surface area contributed by atoms with E-state index in [9.17, 15) is 4.79 Å². The fourth-order valence-electron chi connectivity index (χ4n) is 3.11. The number of para-hydroxylation sites is 1. The van der Waals surface area contributed by atoms with Crippen molar-refractivity contribution in [1.82, 2.24) is 14.3 Å². The van der Waals surface area contributed by atoms with E-state index in [2.05, 4.69) is 25.0 Å². The van der Waals surface area contributed by atoms with E-state index in [1.165, 1.54) is 5.56 Å². The Labute approximate surface area is 136 Å². The van der Waals surface area contributed by atoms with Crippen LogP contribution in [0.4, 0.5) is 0 Å². The van der Waals surface area contributed by atoms with E-state index < -0.39 is 0 Å². The number of aryl methyl sites for hydroxylation is 1. The van der Waals surface area contributed by atoms with Gasteiger partial charge in [-0.05, 0) is 49.3 Å². The van der Waals surface area contributed by atoms with Crippen LogP contribution >= 0.6 is 0 Å². The monoisotopic (exact) mass is 309 g/mol. The number of carbonyl (C=O) groups excluding carboxylic acids is 1. The van der Waals surface area contributed by atoms with Crippen LogP contribution in [-0.2, 0) is 13.0 Å². The van der Waals surface area contributed by atoms with Gasteiger partial charge in [-0.2, -0.15) is 5.10 Å². The van der Waals surface area contributed by atoms with E-state index in [4.69, 9.17) is 0 Å². The summed E-state index contributed by atoms with van der Waals surface area (Å²) < 4.78 is 3.55. The molecule has 0 amide bonds. The smallest absolute Gasteiger partial charge is 0.267 e. The molecule has 0 bridgehead atoms. The zero-order valence-electron chi connectivity index (χ0n) is 14.2. The largest absolute Gasteiger partial charge is 0.338 e. The van der Waals surface area contributed by atoms with Gasteiger partial charge in [-0.15, -0.1) is 0 Å². The molecule has 0 spiro atoms. The highest BCUT2D eigenvalue weighted by Gasteiger charge is 2.17. The third-order valence-electron chi connectivity index (χ3n) is 4.28. The van der Waals surface area contributed by atoms with E-state index in [-0.39, 0.29) is 5.91 Å². The van der Waals surface area contributed by atoms with Gasteiger partial charge in [0.05, 0.1) is 5.69 Å². The molecule has 0 N–H and O–H groups in total. The van der Waals surface area contributed by atoms with E-state index in [0.717, 1.165) is 28.7 Å². The van der Waals surface area contributed by atoms with Crippen LogP contribution in [0.2, 0.25) is 0 Å². The molecule has 0 fully saturated rings. The predicted molar refractivity (Wildman–Crippen MR) is 92.8 cm³/mol. The van der Waals surface area contributed by atoms with Gasteiger partial charge in [-0.25, -0.2) is 4.68 Å². The Morgan fingerprint density at radius 3 is 2.65 bits per heavy atom. The number of rotatable bonds is 4. The zero-order chi connectivity index (χ0) is 16.6. The lowest BCUT2D eigenvalue weighted by Crippen LogP contribution is -2.20. The van der Waals surface area contributed by atoms with Gasteiger partial charge < -0.3 is 4.57 Å². The highest BCUT2D eigenvalue weighted by molar-refractivity contribution is 5.84. The molecule has 4 heteroatoms. The number of nitrogens with zero attached hydrogens (tertiary/aromatic N) is 3. The average Bonchev–Trinajstić information content (AvgIpc) is 3.03. The summed E-state index contributed by atoms with van der Waals surface area (Å²) >= 11 is 0. The minimum absolute atomic E-state index is 0.00181. The second kappa shape index (κ2) is 6.03. The van der Waals surface area contributed by atoms with Crippen molar-refractivity contribution in [1.29, 1.82) is 0 Å². The second-order valence-electron chi connectivity index (χ2n) is 6.56. The molecule has 0 saturated heterocycles. The van der Waals surface area contributed by atoms with Crippen LogP contribution in [0.25, 0.3) is 10.9 Å². The van der Waals surface area contributed by atoms with Gasteiger partial charge in [0.25, 0.3) is 5.91 Å². The van der Waals surface area contributed by atoms with Crippen LogP contribution in [-0.4, -0.2) is 20.3 Å². The number of hydrogen-bond acceptors (Lipinski definition) is 2. The summed E-state index contributed by atoms with van der Waals surface area (Å²) in [6.45, 7) is 8.65. The summed E-state index contributed by atoms with van der Waals surface area (Å²) in [4.78, 5) is 12.7. The molecule has 0 atom stereocenters. The van der Waals surface area contributed by atoms with Crippen molar-refractivity contribution < 1.29 is 4.79 Å². The van der Waals surface area contributed by atoms with Gasteiger partial charge in [-0.3, -0.25) is 4.79 Å². The Morgan fingerprint density at radius 1 is 1.17 bits per heavy atom. The van der Waals surface area contributed by atoms with Crippen LogP contribution in [0.5, 0.6) is 0 Å². The van der Waals surface area contributed by atoms with Crippen molar-refractivity contribution in [3.05, 3.63) is 53.5 Å². The highest BCUT2D eigenvalue weighted by atomic mass is 16.2. The number of aromatic nitrogens is 3. The lowest BCUT2D eigenvalue weighted by Gasteiger charge is -2.08. The van der Waals surface area contributed by atoms with Crippen molar-refractivity contribution >= 4 is 16.8 Å². The molecule has 3 aromatic rings. The van der Waals surface area contributed by atoms with Crippen LogP contribution in [0.15, 0.2) is 36.5 Å². The molecule has 0 unspecified atom stereocenters. The van der Waals surface area contributed by atoms with Crippen molar-refractivity contribution in [3.63, 3.8) is 0 Å². The maximum atomic E-state index is 12.7. The molecule has 23 heavy (non-hydrogen) atoms. The summed E-state index contributed by atoms with van der Waals surface area (Å²) in [5.74, 6) is 0.551. The summed E-state index contributed by atoms with van der Waals surface area (Å²) in [6.07, 6.45) is 2.92. The number of benzene rings is 1. The normalized spacial score (nSPS) is 11.5. The van der Waals surface area contributed by atoms with Crippen molar-refractivity contribution in [2.75, 3.05) is 0 Å². The zero-order valence-corrected chi connectivity index (χ0v) is 14.2. The molecule has 3 rings (SSSR count). The number of fused-ring (bicyclic) bond motifs is 1. The van der Waals surface area contributed by atoms with E-state index in [1.807, 2.05) is 48.9 Å². The lowest BCUT2D eigenvalue weighted by molar-refractivity contribution is 0.0874. The van der Waals surface area contributed by atoms with Crippen LogP contribution in [0, 0.1) is 19.8 Å². The van der Waals surface area contributed by atoms with E-state index in [1.54, 1.807) is 4.68 Å². The molecule has 1 aromatic carbocycles. The van der Waals surface area contributed by atoms with Crippen LogP contribution in [0.1, 0.15) is 35.6 Å². The van der Waals surface area contributed by atoms with E-state index in [0.29, 0.717) is 12.5 Å². The average molecular weight is 309 g/mol. The Balaban J connectivity index is 1.89. The van der Waals surface area contributed by atoms with Gasteiger partial charge in [0, 0.05) is 17.4 Å². The van der Waals surface area contributed by atoms with Gasteiger partial charge in [0.15, 0.2) is 0 Å². The molecule has 120 valence electrons. The highest BCUT2D eigenvalue weighted by Crippen LogP contribution is 2.19. The first-order valence-electron chi connectivity index (χ1n) is 8.09. The Hall–Kier alpha value is -2.36. The minimum atomic E-state index is 0.00181. The van der Waals surface area contributed by atoms with Crippen molar-refractivity contribution in [2.45, 2.75) is 40.7 Å². The molecule has 0 aliphatic heterocycles. The first-order chi connectivity index (χ1) is 11.0. The maximum absolute atomic E-state index is 12.7. The molecule has 0 aliphatic rings. The van der Waals surface area contributed by atoms with Gasteiger partial charge in [-0.1, -0.05) is 32.0 Å². The molecule has 4 nitrogen and oxygen atoms in total. The van der Waals surface area contributed by atoms with E-state index >= 15 is 0 Å². The second-order valence-corrected chi connectivity index (χ2v) is 6.56. The molecular weight excluding hydrogens is 286 g/mol. The van der Waals surface area contributed by atoms with Crippen LogP contribution in [0.3, 0.4) is 0 Å². The molecular formula is C19H23N3O. The topological polar surface area (TPSA) is 39.8 Å². The fourth-order valence-corrected chi connectivity index (χ4v) is 3.11. The summed E-state index contributed by atoms with van der Waals surface area (Å²) in [7, 11) is 0. The first-order valence-corrected chi connectivity index (χ1v) is 8.09. The van der Waals surface area contributed by atoms with Crippen molar-refractivity contribution in [2.24, 2.45) is 5.92 Å². The Kier molecular flexibility index (Phi) is 4.07. The summed E-state index contributed by atoms with van der Waals surface area (Å²) in [5, 5.41) is 5.62. The molecule has 0 saturated carbocycles. The molecule has 2 heterocycles. The standard InChI is InChI=1S/C19H23N3O/c1-13(2)11-17-14(3)20-22(15(17)4)19(23)12-21-10-9-16-7-5-6-8-18(16)21/h5-10,13H,11-12H2,1-4H3. The Morgan fingerprint density at radius 2 is 1.91 bits per heavy atom. The number of carbonyl (C=O) groups is 1. The van der Waals surface area contributed by atoms with Gasteiger partial charge in [0.2, 0.25) is 0 Å².